The van der Waals surface area contributed by atoms with Gasteiger partial charge in [0.15, 0.2) is 0 Å². The number of urea groups is 1. The zero-order valence-electron chi connectivity index (χ0n) is 16.6. The summed E-state index contributed by atoms with van der Waals surface area (Å²) in [6.07, 6.45) is 4.33. The van der Waals surface area contributed by atoms with E-state index in [9.17, 15) is 19.5 Å². The smallest absolute Gasteiger partial charge is 0.329 e. The van der Waals surface area contributed by atoms with Crippen molar-refractivity contribution in [2.45, 2.75) is 50.2 Å². The van der Waals surface area contributed by atoms with E-state index < -0.39 is 23.6 Å². The second kappa shape index (κ2) is 7.67. The fourth-order valence-corrected chi connectivity index (χ4v) is 4.75. The number of likely N-dealkylation sites (tertiary alicyclic amines) is 1. The van der Waals surface area contributed by atoms with Gasteiger partial charge in [-0.15, -0.1) is 0 Å². The average molecular weight is 401 g/mol. The molecule has 0 spiro atoms. The van der Waals surface area contributed by atoms with E-state index in [1.807, 2.05) is 0 Å². The normalized spacial score (nSPS) is 29.4. The first-order valence-corrected chi connectivity index (χ1v) is 10.2. The van der Waals surface area contributed by atoms with Crippen molar-refractivity contribution in [3.63, 3.8) is 0 Å². The number of fused-ring (bicyclic) bond motifs is 1. The molecule has 1 saturated carbocycles. The Morgan fingerprint density at radius 1 is 1.24 bits per heavy atom. The molecule has 8 nitrogen and oxygen atoms in total. The van der Waals surface area contributed by atoms with Crippen LogP contribution in [0.1, 0.15) is 38.5 Å². The number of piperidine rings is 1. The molecule has 3 atom stereocenters. The monoisotopic (exact) mass is 401 g/mol. The van der Waals surface area contributed by atoms with Gasteiger partial charge in [-0.2, -0.15) is 0 Å². The van der Waals surface area contributed by atoms with E-state index in [4.69, 9.17) is 4.74 Å². The Morgan fingerprint density at radius 2 is 2.00 bits per heavy atom. The molecule has 1 aromatic carbocycles. The molecule has 1 aliphatic carbocycles. The molecule has 4 rings (SSSR count). The van der Waals surface area contributed by atoms with Gasteiger partial charge in [0.2, 0.25) is 5.91 Å². The van der Waals surface area contributed by atoms with Crippen LogP contribution in [0.15, 0.2) is 24.3 Å². The fourth-order valence-electron chi connectivity index (χ4n) is 4.75. The standard InChI is InChI=1S/C21H27N3O5/c1-29-16-7-5-15(6-8-16)24-19(26)17(22-20(24)27)12-18(25)23-11-10-21(28)9-3-2-4-14(21)13-23/h5-8,14,17,28H,2-4,9-13H2,1H3,(H,22,27). The van der Waals surface area contributed by atoms with Crippen molar-refractivity contribution < 1.29 is 24.2 Å². The van der Waals surface area contributed by atoms with Gasteiger partial charge in [0.05, 0.1) is 24.8 Å². The van der Waals surface area contributed by atoms with Crippen LogP contribution in [0.5, 0.6) is 5.75 Å². The number of benzene rings is 1. The zero-order chi connectivity index (χ0) is 20.6. The second-order valence-electron chi connectivity index (χ2n) is 8.21. The number of methoxy groups -OCH3 is 1. The van der Waals surface area contributed by atoms with Crippen LogP contribution < -0.4 is 15.0 Å². The summed E-state index contributed by atoms with van der Waals surface area (Å²) in [5.41, 5.74) is -0.217. The maximum absolute atomic E-state index is 12.8. The Morgan fingerprint density at radius 3 is 2.72 bits per heavy atom. The number of hydrogen-bond acceptors (Lipinski definition) is 5. The third kappa shape index (κ3) is 3.69. The summed E-state index contributed by atoms with van der Waals surface area (Å²) in [6, 6.07) is 5.22. The van der Waals surface area contributed by atoms with Crippen molar-refractivity contribution >= 4 is 23.5 Å². The molecular weight excluding hydrogens is 374 g/mol. The Hall–Kier alpha value is -2.61. The summed E-state index contributed by atoms with van der Waals surface area (Å²) < 4.78 is 5.10. The summed E-state index contributed by atoms with van der Waals surface area (Å²) in [5, 5.41) is 13.4. The average Bonchev–Trinajstić information content (AvgIpc) is 3.00. The SMILES string of the molecule is COc1ccc(N2C(=O)NC(CC(=O)N3CCC4(O)CCCCC4C3)C2=O)cc1. The third-order valence-corrected chi connectivity index (χ3v) is 6.51. The maximum atomic E-state index is 12.8. The summed E-state index contributed by atoms with van der Waals surface area (Å²) in [6.45, 7) is 1.01. The van der Waals surface area contributed by atoms with Crippen LogP contribution in [0, 0.1) is 5.92 Å². The second-order valence-corrected chi connectivity index (χ2v) is 8.21. The molecular formula is C21H27N3O5. The first-order valence-electron chi connectivity index (χ1n) is 10.2. The van der Waals surface area contributed by atoms with Gasteiger partial charge in [-0.25, -0.2) is 9.69 Å². The number of carbonyl (C=O) groups excluding carboxylic acids is 3. The zero-order valence-corrected chi connectivity index (χ0v) is 16.6. The van der Waals surface area contributed by atoms with Gasteiger partial charge in [0, 0.05) is 19.0 Å². The topological polar surface area (TPSA) is 99.2 Å². The number of hydrogen-bond donors (Lipinski definition) is 2. The lowest BCUT2D eigenvalue weighted by Crippen LogP contribution is -2.55. The van der Waals surface area contributed by atoms with Crippen LogP contribution in [0.4, 0.5) is 10.5 Å². The number of carbonyl (C=O) groups is 3. The van der Waals surface area contributed by atoms with Crippen molar-refractivity contribution in [1.29, 1.82) is 0 Å². The van der Waals surface area contributed by atoms with Crippen LogP contribution in [-0.2, 0) is 9.59 Å². The molecule has 156 valence electrons. The molecule has 2 N–H and O–H groups in total. The lowest BCUT2D eigenvalue weighted by molar-refractivity contribution is -0.144. The van der Waals surface area contributed by atoms with Crippen LogP contribution in [0.25, 0.3) is 0 Å². The molecule has 0 bridgehead atoms. The number of ether oxygens (including phenoxy) is 1. The fraction of sp³-hybridized carbons (Fsp3) is 0.571. The van der Waals surface area contributed by atoms with Crippen LogP contribution in [0.2, 0.25) is 0 Å². The number of nitrogens with zero attached hydrogens (tertiary/aromatic N) is 2. The predicted molar refractivity (Wildman–Crippen MR) is 106 cm³/mol. The lowest BCUT2D eigenvalue weighted by atomic mass is 9.71. The van der Waals surface area contributed by atoms with Gasteiger partial charge < -0.3 is 20.1 Å². The van der Waals surface area contributed by atoms with Gasteiger partial charge in [0.1, 0.15) is 11.8 Å². The highest BCUT2D eigenvalue weighted by Gasteiger charge is 2.45. The summed E-state index contributed by atoms with van der Waals surface area (Å²) >= 11 is 0. The number of nitrogens with one attached hydrogen (secondary N) is 1. The number of aliphatic hydroxyl groups is 1. The number of rotatable bonds is 4. The molecule has 0 radical (unpaired) electrons. The van der Waals surface area contributed by atoms with Crippen LogP contribution in [-0.4, -0.2) is 59.7 Å². The maximum Gasteiger partial charge on any atom is 0.329 e. The Bertz CT molecular complexity index is 811. The largest absolute Gasteiger partial charge is 0.497 e. The Labute approximate surface area is 169 Å². The highest BCUT2D eigenvalue weighted by Crippen LogP contribution is 2.40. The van der Waals surface area contributed by atoms with E-state index in [1.165, 1.54) is 0 Å². The summed E-state index contributed by atoms with van der Waals surface area (Å²) in [5.74, 6) is 0.131. The molecule has 3 fully saturated rings. The summed E-state index contributed by atoms with van der Waals surface area (Å²) in [4.78, 5) is 40.7. The molecule has 2 aliphatic heterocycles. The van der Waals surface area contributed by atoms with E-state index in [2.05, 4.69) is 5.32 Å². The molecule has 4 amide bonds. The van der Waals surface area contributed by atoms with Gasteiger partial charge in [0.25, 0.3) is 5.91 Å². The summed E-state index contributed by atoms with van der Waals surface area (Å²) in [7, 11) is 1.54. The van der Waals surface area contributed by atoms with Crippen molar-refractivity contribution in [3.8, 4) is 5.75 Å². The molecule has 3 aliphatic rings. The van der Waals surface area contributed by atoms with Gasteiger partial charge in [-0.05, 0) is 43.5 Å². The van der Waals surface area contributed by atoms with E-state index in [0.29, 0.717) is 30.9 Å². The molecule has 29 heavy (non-hydrogen) atoms. The highest BCUT2D eigenvalue weighted by molar-refractivity contribution is 6.22. The Balaban J connectivity index is 1.40. The number of imide groups is 1. The van der Waals surface area contributed by atoms with Crippen molar-refractivity contribution in [3.05, 3.63) is 24.3 Å². The van der Waals surface area contributed by atoms with E-state index in [1.54, 1.807) is 36.3 Å². The number of anilines is 1. The van der Waals surface area contributed by atoms with Crippen molar-refractivity contribution in [2.24, 2.45) is 5.92 Å². The van der Waals surface area contributed by atoms with Gasteiger partial charge in [-0.1, -0.05) is 12.8 Å². The predicted octanol–water partition coefficient (Wildman–Crippen LogP) is 1.66. The lowest BCUT2D eigenvalue weighted by Gasteiger charge is -2.47. The quantitative estimate of drug-likeness (QED) is 0.748. The van der Waals surface area contributed by atoms with Gasteiger partial charge in [-0.3, -0.25) is 9.59 Å². The molecule has 0 aromatic heterocycles. The third-order valence-electron chi connectivity index (χ3n) is 6.51. The van der Waals surface area contributed by atoms with Crippen molar-refractivity contribution in [2.75, 3.05) is 25.1 Å². The molecule has 1 aromatic rings. The van der Waals surface area contributed by atoms with Gasteiger partial charge >= 0.3 is 6.03 Å². The molecule has 2 heterocycles. The Kier molecular flexibility index (Phi) is 5.21. The van der Waals surface area contributed by atoms with Crippen LogP contribution >= 0.6 is 0 Å². The molecule has 3 unspecified atom stereocenters. The number of amides is 4. The first kappa shape index (κ1) is 19.7. The molecule has 2 saturated heterocycles. The van der Waals surface area contributed by atoms with E-state index in [-0.39, 0.29) is 18.2 Å². The molecule has 8 heteroatoms. The first-order chi connectivity index (χ1) is 13.9. The van der Waals surface area contributed by atoms with Crippen molar-refractivity contribution in [1.82, 2.24) is 10.2 Å². The van der Waals surface area contributed by atoms with Crippen LogP contribution in [0.3, 0.4) is 0 Å². The minimum Gasteiger partial charge on any atom is -0.497 e. The van der Waals surface area contributed by atoms with E-state index in [0.717, 1.165) is 30.6 Å². The minimum atomic E-state index is -0.871. The van der Waals surface area contributed by atoms with E-state index >= 15 is 0 Å². The highest BCUT2D eigenvalue weighted by atomic mass is 16.5. The minimum absolute atomic E-state index is 0.0671.